The van der Waals surface area contributed by atoms with Crippen LogP contribution in [0.5, 0.6) is 11.5 Å². The fourth-order valence-corrected chi connectivity index (χ4v) is 4.72. The van der Waals surface area contributed by atoms with E-state index in [-0.39, 0.29) is 17.3 Å². The van der Waals surface area contributed by atoms with Gasteiger partial charge in [-0.05, 0) is 43.3 Å². The minimum atomic E-state index is -3.73. The molecule has 7 nitrogen and oxygen atoms in total. The molecule has 0 radical (unpaired) electrons. The Bertz CT molecular complexity index is 1230. The van der Waals surface area contributed by atoms with Gasteiger partial charge in [-0.3, -0.25) is 9.52 Å². The van der Waals surface area contributed by atoms with Gasteiger partial charge in [-0.1, -0.05) is 36.4 Å². The second-order valence-corrected chi connectivity index (χ2v) is 9.19. The lowest BCUT2D eigenvalue weighted by atomic mass is 10.1. The lowest BCUT2D eigenvalue weighted by Gasteiger charge is -2.23. The van der Waals surface area contributed by atoms with E-state index >= 15 is 0 Å². The number of nitrogens with zero attached hydrogens (tertiary/aromatic N) is 1. The van der Waals surface area contributed by atoms with E-state index in [0.29, 0.717) is 29.3 Å². The van der Waals surface area contributed by atoms with Crippen molar-refractivity contribution in [3.05, 3.63) is 83.9 Å². The highest BCUT2D eigenvalue weighted by Gasteiger charge is 2.29. The summed E-state index contributed by atoms with van der Waals surface area (Å²) in [7, 11) is -2.14. The van der Waals surface area contributed by atoms with Crippen molar-refractivity contribution in [2.45, 2.75) is 31.0 Å². The lowest BCUT2D eigenvalue weighted by Crippen LogP contribution is -2.37. The van der Waals surface area contributed by atoms with Crippen molar-refractivity contribution >= 4 is 21.6 Å². The van der Waals surface area contributed by atoms with E-state index in [1.807, 2.05) is 24.3 Å². The number of hydrogen-bond acceptors (Lipinski definition) is 5. The topological polar surface area (TPSA) is 84.9 Å². The van der Waals surface area contributed by atoms with Gasteiger partial charge in [0.1, 0.15) is 11.5 Å². The number of para-hydroxylation sites is 1. The van der Waals surface area contributed by atoms with Crippen LogP contribution in [0.25, 0.3) is 0 Å². The number of rotatable bonds is 6. The molecule has 4 rings (SSSR count). The van der Waals surface area contributed by atoms with Crippen molar-refractivity contribution in [3.8, 4) is 11.5 Å². The van der Waals surface area contributed by atoms with E-state index in [1.54, 1.807) is 55.3 Å². The van der Waals surface area contributed by atoms with Crippen molar-refractivity contribution in [1.29, 1.82) is 0 Å². The highest BCUT2D eigenvalue weighted by molar-refractivity contribution is 7.92. The van der Waals surface area contributed by atoms with Gasteiger partial charge in [0.25, 0.3) is 15.9 Å². The van der Waals surface area contributed by atoms with Crippen molar-refractivity contribution in [2.24, 2.45) is 0 Å². The van der Waals surface area contributed by atoms with E-state index in [9.17, 15) is 13.2 Å². The third-order valence-corrected chi connectivity index (χ3v) is 6.64. The summed E-state index contributed by atoms with van der Waals surface area (Å²) in [6.07, 6.45) is -0.669. The first-order chi connectivity index (χ1) is 15.4. The van der Waals surface area contributed by atoms with Crippen LogP contribution >= 0.6 is 0 Å². The maximum Gasteiger partial charge on any atom is 0.263 e. The first-order valence-electron chi connectivity index (χ1n) is 10.2. The summed E-state index contributed by atoms with van der Waals surface area (Å²) in [5.74, 6) is 1.09. The minimum Gasteiger partial charge on any atom is -0.496 e. The number of amides is 1. The number of hydrogen-bond donors (Lipinski definition) is 1. The third-order valence-electron chi connectivity index (χ3n) is 5.24. The van der Waals surface area contributed by atoms with E-state index in [2.05, 4.69) is 4.72 Å². The summed E-state index contributed by atoms with van der Waals surface area (Å²) in [6, 6.07) is 20.7. The van der Waals surface area contributed by atoms with Gasteiger partial charge >= 0.3 is 0 Å². The summed E-state index contributed by atoms with van der Waals surface area (Å²) >= 11 is 0. The van der Waals surface area contributed by atoms with E-state index in [1.165, 1.54) is 12.1 Å². The molecule has 1 aliphatic rings. The molecule has 32 heavy (non-hydrogen) atoms. The molecule has 1 atom stereocenters. The molecule has 166 valence electrons. The van der Waals surface area contributed by atoms with E-state index < -0.39 is 16.1 Å². The van der Waals surface area contributed by atoms with Crippen LogP contribution in [-0.2, 0) is 27.9 Å². The van der Waals surface area contributed by atoms with E-state index in [0.717, 1.165) is 5.56 Å². The Morgan fingerprint density at radius 1 is 1.06 bits per heavy atom. The van der Waals surface area contributed by atoms with Crippen LogP contribution in [0.4, 0.5) is 5.69 Å². The Morgan fingerprint density at radius 3 is 2.53 bits per heavy atom. The SMILES string of the molecule is COc1ccccc1CN1Cc2cc(NS(=O)(=O)c3ccccc3)ccc2O[C@H](C)C1=O. The smallest absolute Gasteiger partial charge is 0.263 e. The van der Waals surface area contributed by atoms with Crippen LogP contribution in [0.1, 0.15) is 18.1 Å². The Labute approximate surface area is 187 Å². The fraction of sp³-hybridized carbons (Fsp3) is 0.208. The molecule has 1 amide bonds. The first-order valence-corrected chi connectivity index (χ1v) is 11.6. The lowest BCUT2D eigenvalue weighted by molar-refractivity contribution is -0.138. The molecular formula is C24H24N2O5S. The van der Waals surface area contributed by atoms with Crippen LogP contribution in [0, 0.1) is 0 Å². The number of ether oxygens (including phenoxy) is 2. The summed E-state index contributed by atoms with van der Waals surface area (Å²) in [5, 5.41) is 0. The standard InChI is InChI=1S/C24H24N2O5S/c1-17-24(27)26(15-18-8-6-7-11-22(18)30-2)16-19-14-20(12-13-23(19)31-17)25-32(28,29)21-9-4-3-5-10-21/h3-14,17,25H,15-16H2,1-2H3/t17-/m1/s1. The molecule has 0 unspecified atom stereocenters. The second kappa shape index (κ2) is 8.92. The molecule has 0 aliphatic carbocycles. The van der Waals surface area contributed by atoms with Crippen molar-refractivity contribution < 1.29 is 22.7 Å². The number of carbonyl (C=O) groups excluding carboxylic acids is 1. The molecule has 3 aromatic carbocycles. The molecule has 1 aliphatic heterocycles. The van der Waals surface area contributed by atoms with Gasteiger partial charge in [0.05, 0.1) is 12.0 Å². The maximum atomic E-state index is 13.0. The van der Waals surface area contributed by atoms with Gasteiger partial charge < -0.3 is 14.4 Å². The zero-order valence-corrected chi connectivity index (χ0v) is 18.6. The number of anilines is 1. The minimum absolute atomic E-state index is 0.154. The van der Waals surface area contributed by atoms with Crippen molar-refractivity contribution in [2.75, 3.05) is 11.8 Å². The predicted molar refractivity (Wildman–Crippen MR) is 121 cm³/mol. The molecule has 0 spiro atoms. The fourth-order valence-electron chi connectivity index (χ4n) is 3.65. The van der Waals surface area contributed by atoms with Crippen LogP contribution in [0.15, 0.2) is 77.7 Å². The first kappa shape index (κ1) is 21.7. The molecule has 0 bridgehead atoms. The maximum absolute atomic E-state index is 13.0. The second-order valence-electron chi connectivity index (χ2n) is 7.51. The highest BCUT2D eigenvalue weighted by Crippen LogP contribution is 2.31. The van der Waals surface area contributed by atoms with Gasteiger partial charge in [0, 0.05) is 29.9 Å². The molecule has 0 aromatic heterocycles. The molecule has 3 aromatic rings. The van der Waals surface area contributed by atoms with Crippen LogP contribution in [0.2, 0.25) is 0 Å². The van der Waals surface area contributed by atoms with Gasteiger partial charge in [0.2, 0.25) is 0 Å². The largest absolute Gasteiger partial charge is 0.496 e. The van der Waals surface area contributed by atoms with Gasteiger partial charge in [-0.15, -0.1) is 0 Å². The zero-order chi connectivity index (χ0) is 22.7. The Hall–Kier alpha value is -3.52. The number of sulfonamides is 1. The van der Waals surface area contributed by atoms with Crippen LogP contribution < -0.4 is 14.2 Å². The summed E-state index contributed by atoms with van der Waals surface area (Å²) in [4.78, 5) is 14.8. The van der Waals surface area contributed by atoms with Crippen LogP contribution in [0.3, 0.4) is 0 Å². The normalized spacial score (nSPS) is 16.0. The zero-order valence-electron chi connectivity index (χ0n) is 17.8. The quantitative estimate of drug-likeness (QED) is 0.615. The Kier molecular flexibility index (Phi) is 6.05. The number of benzene rings is 3. The number of methoxy groups -OCH3 is 1. The average molecular weight is 453 g/mol. The molecular weight excluding hydrogens is 428 g/mol. The third kappa shape index (κ3) is 4.55. The number of nitrogens with one attached hydrogen (secondary N) is 1. The monoisotopic (exact) mass is 452 g/mol. The predicted octanol–water partition coefficient (Wildman–Crippen LogP) is 3.81. The van der Waals surface area contributed by atoms with Crippen LogP contribution in [-0.4, -0.2) is 32.4 Å². The van der Waals surface area contributed by atoms with Gasteiger partial charge in [0.15, 0.2) is 6.10 Å². The summed E-state index contributed by atoms with van der Waals surface area (Å²) in [6.45, 7) is 2.33. The van der Waals surface area contributed by atoms with E-state index in [4.69, 9.17) is 9.47 Å². The number of fused-ring (bicyclic) bond motifs is 1. The molecule has 1 heterocycles. The number of carbonyl (C=O) groups is 1. The molecule has 1 N–H and O–H groups in total. The molecule has 8 heteroatoms. The van der Waals surface area contributed by atoms with Crippen molar-refractivity contribution in [1.82, 2.24) is 4.90 Å². The van der Waals surface area contributed by atoms with Gasteiger partial charge in [-0.25, -0.2) is 8.42 Å². The Balaban J connectivity index is 1.62. The molecule has 0 saturated heterocycles. The highest BCUT2D eigenvalue weighted by atomic mass is 32.2. The Morgan fingerprint density at radius 2 is 1.78 bits per heavy atom. The summed E-state index contributed by atoms with van der Waals surface area (Å²) in [5.41, 5.74) is 1.99. The summed E-state index contributed by atoms with van der Waals surface area (Å²) < 4.78 is 39.3. The van der Waals surface area contributed by atoms with Crippen molar-refractivity contribution in [3.63, 3.8) is 0 Å². The molecule has 0 saturated carbocycles. The molecule has 0 fully saturated rings. The average Bonchev–Trinajstić information content (AvgIpc) is 2.91. The van der Waals surface area contributed by atoms with Gasteiger partial charge in [-0.2, -0.15) is 0 Å².